The van der Waals surface area contributed by atoms with Crippen LogP contribution in [0.4, 0.5) is 10.5 Å². The number of nitrogens with one attached hydrogen (secondary N) is 2. The number of anilines is 1. The fourth-order valence-electron chi connectivity index (χ4n) is 4.05. The molecule has 9 nitrogen and oxygen atoms in total. The SMILES string of the molecule is CCN(CC)C(=O)Cn1ccc2cc(NC(=O)NC3(c4noc(C)n4)CCC3)ccc21. The number of carbonyl (C=O) groups is 2. The van der Waals surface area contributed by atoms with Gasteiger partial charge in [-0.05, 0) is 57.4 Å². The number of benzene rings is 1. The summed E-state index contributed by atoms with van der Waals surface area (Å²) in [6, 6.07) is 7.30. The first kappa shape index (κ1) is 20.9. The molecule has 0 radical (unpaired) electrons. The Morgan fingerprint density at radius 3 is 2.61 bits per heavy atom. The lowest BCUT2D eigenvalue weighted by Gasteiger charge is -2.39. The van der Waals surface area contributed by atoms with Crippen LogP contribution in [0.25, 0.3) is 10.9 Å². The van der Waals surface area contributed by atoms with Crippen molar-refractivity contribution in [2.75, 3.05) is 18.4 Å². The summed E-state index contributed by atoms with van der Waals surface area (Å²) < 4.78 is 7.02. The van der Waals surface area contributed by atoms with E-state index in [0.717, 1.165) is 30.2 Å². The number of amides is 3. The highest BCUT2D eigenvalue weighted by Gasteiger charge is 2.44. The van der Waals surface area contributed by atoms with Gasteiger partial charge < -0.3 is 24.6 Å². The van der Waals surface area contributed by atoms with Gasteiger partial charge in [-0.2, -0.15) is 4.98 Å². The molecule has 1 aliphatic rings. The standard InChI is InChI=1S/C22H28N6O3/c1-4-27(5-2)19(29)14-28-12-9-16-13-17(7-8-18(16)28)24-21(30)25-22(10-6-11-22)20-23-15(3)31-26-20/h7-9,12-13H,4-6,10-11,14H2,1-3H3,(H2,24,25,30). The first-order valence-electron chi connectivity index (χ1n) is 10.7. The molecule has 2 heterocycles. The Labute approximate surface area is 180 Å². The summed E-state index contributed by atoms with van der Waals surface area (Å²) in [6.45, 7) is 7.38. The summed E-state index contributed by atoms with van der Waals surface area (Å²) in [5.41, 5.74) is 1.06. The molecule has 4 rings (SSSR count). The number of rotatable bonds is 7. The lowest BCUT2D eigenvalue weighted by Crippen LogP contribution is -2.52. The molecule has 9 heteroatoms. The van der Waals surface area contributed by atoms with Crippen LogP contribution in [0.2, 0.25) is 0 Å². The van der Waals surface area contributed by atoms with E-state index in [2.05, 4.69) is 20.8 Å². The normalized spacial score (nSPS) is 14.8. The molecule has 1 aromatic carbocycles. The highest BCUT2D eigenvalue weighted by molar-refractivity contribution is 5.93. The second kappa shape index (κ2) is 8.41. The quantitative estimate of drug-likeness (QED) is 0.605. The van der Waals surface area contributed by atoms with Gasteiger partial charge in [-0.3, -0.25) is 4.79 Å². The number of hydrogen-bond donors (Lipinski definition) is 2. The summed E-state index contributed by atoms with van der Waals surface area (Å²) in [6.07, 6.45) is 4.46. The zero-order valence-corrected chi connectivity index (χ0v) is 18.1. The van der Waals surface area contributed by atoms with Crippen LogP contribution < -0.4 is 10.6 Å². The van der Waals surface area contributed by atoms with Gasteiger partial charge in [-0.1, -0.05) is 5.16 Å². The molecule has 0 spiro atoms. The van der Waals surface area contributed by atoms with Gasteiger partial charge in [0.05, 0.1) is 0 Å². The molecule has 1 fully saturated rings. The topological polar surface area (TPSA) is 105 Å². The van der Waals surface area contributed by atoms with Crippen molar-refractivity contribution >= 4 is 28.5 Å². The largest absolute Gasteiger partial charge is 0.342 e. The fourth-order valence-corrected chi connectivity index (χ4v) is 4.05. The molecule has 0 saturated heterocycles. The molecule has 3 amide bonds. The Balaban J connectivity index is 1.44. The van der Waals surface area contributed by atoms with Crippen LogP contribution in [0, 0.1) is 6.92 Å². The molecule has 1 aliphatic carbocycles. The molecule has 1 saturated carbocycles. The van der Waals surface area contributed by atoms with Gasteiger partial charge in [0.15, 0.2) is 5.82 Å². The predicted octanol–water partition coefficient (Wildman–Crippen LogP) is 3.40. The first-order chi connectivity index (χ1) is 14.9. The van der Waals surface area contributed by atoms with E-state index in [1.807, 2.05) is 53.8 Å². The van der Waals surface area contributed by atoms with E-state index in [-0.39, 0.29) is 11.9 Å². The smallest absolute Gasteiger partial charge is 0.320 e. The van der Waals surface area contributed by atoms with Crippen LogP contribution >= 0.6 is 0 Å². The number of aromatic nitrogens is 3. The van der Waals surface area contributed by atoms with E-state index in [1.165, 1.54) is 0 Å². The van der Waals surface area contributed by atoms with Gasteiger partial charge in [-0.25, -0.2) is 4.79 Å². The van der Waals surface area contributed by atoms with E-state index >= 15 is 0 Å². The Kier molecular flexibility index (Phi) is 5.67. The maximum Gasteiger partial charge on any atom is 0.320 e. The number of likely N-dealkylation sites (N-methyl/N-ethyl adjacent to an activating group) is 1. The van der Waals surface area contributed by atoms with Gasteiger partial charge >= 0.3 is 6.03 Å². The average molecular weight is 425 g/mol. The van der Waals surface area contributed by atoms with Crippen molar-refractivity contribution in [3.05, 3.63) is 42.2 Å². The zero-order chi connectivity index (χ0) is 22.0. The maximum atomic E-state index is 12.7. The summed E-state index contributed by atoms with van der Waals surface area (Å²) in [5.74, 6) is 1.10. The highest BCUT2D eigenvalue weighted by atomic mass is 16.5. The number of fused-ring (bicyclic) bond motifs is 1. The number of nitrogens with zero attached hydrogens (tertiary/aromatic N) is 4. The van der Waals surface area contributed by atoms with Crippen LogP contribution in [-0.2, 0) is 16.9 Å². The number of urea groups is 1. The molecular weight excluding hydrogens is 396 g/mol. The van der Waals surface area contributed by atoms with Crippen LogP contribution in [0.15, 0.2) is 35.0 Å². The molecule has 0 unspecified atom stereocenters. The summed E-state index contributed by atoms with van der Waals surface area (Å²) in [7, 11) is 0. The van der Waals surface area contributed by atoms with E-state index in [4.69, 9.17) is 4.52 Å². The summed E-state index contributed by atoms with van der Waals surface area (Å²) in [4.78, 5) is 31.2. The number of hydrogen-bond acceptors (Lipinski definition) is 5. The van der Waals surface area contributed by atoms with E-state index in [0.29, 0.717) is 37.0 Å². The Morgan fingerprint density at radius 1 is 1.23 bits per heavy atom. The van der Waals surface area contributed by atoms with Crippen LogP contribution in [0.3, 0.4) is 0 Å². The average Bonchev–Trinajstić information content (AvgIpc) is 3.32. The van der Waals surface area contributed by atoms with Gasteiger partial charge in [0.2, 0.25) is 11.8 Å². The second-order valence-corrected chi connectivity index (χ2v) is 7.94. The molecule has 2 N–H and O–H groups in total. The first-order valence-corrected chi connectivity index (χ1v) is 10.7. The second-order valence-electron chi connectivity index (χ2n) is 7.94. The number of aryl methyl sites for hydroxylation is 1. The molecule has 2 aromatic heterocycles. The minimum atomic E-state index is -0.569. The fraction of sp³-hybridized carbons (Fsp3) is 0.455. The van der Waals surface area contributed by atoms with E-state index in [9.17, 15) is 9.59 Å². The number of carbonyl (C=O) groups excluding carboxylic acids is 2. The van der Waals surface area contributed by atoms with Crippen LogP contribution in [0.5, 0.6) is 0 Å². The van der Waals surface area contributed by atoms with Crippen molar-refractivity contribution in [1.29, 1.82) is 0 Å². The molecule has 3 aromatic rings. The molecule has 0 atom stereocenters. The van der Waals surface area contributed by atoms with Crippen LogP contribution in [0.1, 0.15) is 44.8 Å². The van der Waals surface area contributed by atoms with Crippen molar-refractivity contribution in [1.82, 2.24) is 24.9 Å². The van der Waals surface area contributed by atoms with Gasteiger partial charge in [0, 0.05) is 42.8 Å². The van der Waals surface area contributed by atoms with Gasteiger partial charge in [0.25, 0.3) is 0 Å². The Hall–Kier alpha value is -3.36. The molecule has 164 valence electrons. The van der Waals surface area contributed by atoms with Gasteiger partial charge in [-0.15, -0.1) is 0 Å². The van der Waals surface area contributed by atoms with Crippen molar-refractivity contribution in [3.63, 3.8) is 0 Å². The van der Waals surface area contributed by atoms with Crippen molar-refractivity contribution in [2.24, 2.45) is 0 Å². The lowest BCUT2D eigenvalue weighted by molar-refractivity contribution is -0.131. The summed E-state index contributed by atoms with van der Waals surface area (Å²) in [5, 5.41) is 10.9. The third-order valence-electron chi connectivity index (χ3n) is 5.97. The molecule has 0 aliphatic heterocycles. The molecular formula is C22H28N6O3. The van der Waals surface area contributed by atoms with Crippen molar-refractivity contribution < 1.29 is 14.1 Å². The highest BCUT2D eigenvalue weighted by Crippen LogP contribution is 2.39. The van der Waals surface area contributed by atoms with Crippen LogP contribution in [-0.4, -0.2) is 44.6 Å². The molecule has 31 heavy (non-hydrogen) atoms. The zero-order valence-electron chi connectivity index (χ0n) is 18.1. The van der Waals surface area contributed by atoms with Crippen molar-refractivity contribution in [3.8, 4) is 0 Å². The Bertz CT molecular complexity index is 1090. The minimum Gasteiger partial charge on any atom is -0.342 e. The maximum absolute atomic E-state index is 12.7. The van der Waals surface area contributed by atoms with E-state index < -0.39 is 5.54 Å². The van der Waals surface area contributed by atoms with Gasteiger partial charge in [0.1, 0.15) is 12.1 Å². The third kappa shape index (κ3) is 4.12. The predicted molar refractivity (Wildman–Crippen MR) is 117 cm³/mol. The third-order valence-corrected chi connectivity index (χ3v) is 5.97. The van der Waals surface area contributed by atoms with Crippen molar-refractivity contribution in [2.45, 2.75) is 52.1 Å². The minimum absolute atomic E-state index is 0.0894. The van der Waals surface area contributed by atoms with E-state index in [1.54, 1.807) is 6.92 Å². The lowest BCUT2D eigenvalue weighted by atomic mass is 9.76. The Morgan fingerprint density at radius 2 is 2.00 bits per heavy atom. The monoisotopic (exact) mass is 424 g/mol. The summed E-state index contributed by atoms with van der Waals surface area (Å²) >= 11 is 0. The molecule has 0 bridgehead atoms.